The molecular formula is C11H21N5O. The van der Waals surface area contributed by atoms with Crippen LogP contribution in [0.5, 0.6) is 0 Å². The third-order valence-corrected chi connectivity index (χ3v) is 2.19. The van der Waals surface area contributed by atoms with Gasteiger partial charge in [-0.15, -0.1) is 5.10 Å². The van der Waals surface area contributed by atoms with E-state index in [4.69, 9.17) is 0 Å². The minimum Gasteiger partial charge on any atom is -0.355 e. The molecule has 0 unspecified atom stereocenters. The zero-order chi connectivity index (χ0) is 12.9. The highest BCUT2D eigenvalue weighted by atomic mass is 16.1. The Labute approximate surface area is 102 Å². The highest BCUT2D eigenvalue weighted by molar-refractivity contribution is 5.77. The monoisotopic (exact) mass is 239 g/mol. The van der Waals surface area contributed by atoms with Gasteiger partial charge in [0.25, 0.3) is 0 Å². The van der Waals surface area contributed by atoms with Gasteiger partial charge in [0, 0.05) is 13.1 Å². The van der Waals surface area contributed by atoms with E-state index in [1.54, 1.807) is 0 Å². The van der Waals surface area contributed by atoms with Crippen LogP contribution < -0.4 is 10.6 Å². The molecule has 0 fully saturated rings. The number of hydrogen-bond donors (Lipinski definition) is 2. The molecule has 0 spiro atoms. The summed E-state index contributed by atoms with van der Waals surface area (Å²) < 4.78 is 1.82. The fourth-order valence-electron chi connectivity index (χ4n) is 1.27. The molecule has 17 heavy (non-hydrogen) atoms. The molecular weight excluding hydrogens is 218 g/mol. The maximum atomic E-state index is 11.2. The number of nitrogens with one attached hydrogen (secondary N) is 2. The van der Waals surface area contributed by atoms with Crippen LogP contribution in [0.1, 0.15) is 33.4 Å². The van der Waals surface area contributed by atoms with E-state index in [-0.39, 0.29) is 11.4 Å². The Balaban J connectivity index is 2.38. The van der Waals surface area contributed by atoms with Crippen molar-refractivity contribution in [1.82, 2.24) is 25.6 Å². The summed E-state index contributed by atoms with van der Waals surface area (Å²) in [6.45, 7) is 9.59. The number of amides is 1. The normalized spacial score (nSPS) is 11.5. The largest absolute Gasteiger partial charge is 0.355 e. The van der Waals surface area contributed by atoms with Gasteiger partial charge in [0.1, 0.15) is 0 Å². The molecule has 6 nitrogen and oxygen atoms in total. The molecule has 6 heteroatoms. The average molecular weight is 239 g/mol. The van der Waals surface area contributed by atoms with E-state index in [0.29, 0.717) is 19.6 Å². The average Bonchev–Trinajstić information content (AvgIpc) is 2.66. The van der Waals surface area contributed by atoms with Crippen LogP contribution in [-0.2, 0) is 16.9 Å². The van der Waals surface area contributed by atoms with Gasteiger partial charge in [-0.25, -0.2) is 4.68 Å². The summed E-state index contributed by atoms with van der Waals surface area (Å²) >= 11 is 0. The Hall–Kier alpha value is -1.43. The molecule has 0 aliphatic carbocycles. The lowest BCUT2D eigenvalue weighted by Gasteiger charge is -2.17. The highest BCUT2D eigenvalue weighted by Gasteiger charge is 2.14. The zero-order valence-corrected chi connectivity index (χ0v) is 10.9. The van der Waals surface area contributed by atoms with E-state index < -0.39 is 0 Å². The maximum absolute atomic E-state index is 11.2. The van der Waals surface area contributed by atoms with Gasteiger partial charge in [0.05, 0.1) is 24.0 Å². The fourth-order valence-corrected chi connectivity index (χ4v) is 1.27. The van der Waals surface area contributed by atoms with Crippen molar-refractivity contribution >= 4 is 5.91 Å². The van der Waals surface area contributed by atoms with Gasteiger partial charge in [-0.2, -0.15) is 0 Å². The first-order valence-electron chi connectivity index (χ1n) is 5.82. The van der Waals surface area contributed by atoms with Crippen molar-refractivity contribution in [3.8, 4) is 0 Å². The quantitative estimate of drug-likeness (QED) is 0.773. The number of aromatic nitrogens is 3. The second-order valence-corrected chi connectivity index (χ2v) is 4.88. The Bertz CT molecular complexity index is 366. The first kappa shape index (κ1) is 13.6. The smallest absolute Gasteiger partial charge is 0.233 e. The molecule has 96 valence electrons. The topological polar surface area (TPSA) is 71.8 Å². The van der Waals surface area contributed by atoms with Crippen molar-refractivity contribution in [2.45, 2.75) is 39.8 Å². The van der Waals surface area contributed by atoms with Gasteiger partial charge in [-0.3, -0.25) is 4.79 Å². The molecule has 1 aromatic rings. The summed E-state index contributed by atoms with van der Waals surface area (Å²) in [5.74, 6) is -0.00397. The van der Waals surface area contributed by atoms with Crippen molar-refractivity contribution in [3.63, 3.8) is 0 Å². The summed E-state index contributed by atoms with van der Waals surface area (Å²) in [7, 11) is 0. The van der Waals surface area contributed by atoms with Crippen molar-refractivity contribution < 1.29 is 4.79 Å². The highest BCUT2D eigenvalue weighted by Crippen LogP contribution is 2.11. The SMILES string of the molecule is CCNC(=O)CNCc1cn(C(C)(C)C)nn1. The van der Waals surface area contributed by atoms with Crippen LogP contribution in [0.4, 0.5) is 0 Å². The van der Waals surface area contributed by atoms with E-state index in [9.17, 15) is 4.79 Å². The van der Waals surface area contributed by atoms with Gasteiger partial charge in [-0.1, -0.05) is 5.21 Å². The van der Waals surface area contributed by atoms with Gasteiger partial charge < -0.3 is 10.6 Å². The van der Waals surface area contributed by atoms with Crippen LogP contribution in [0.25, 0.3) is 0 Å². The molecule has 2 N–H and O–H groups in total. The molecule has 0 saturated heterocycles. The first-order valence-corrected chi connectivity index (χ1v) is 5.82. The predicted octanol–water partition coefficient (Wildman–Crippen LogP) is 0.259. The van der Waals surface area contributed by atoms with Crippen molar-refractivity contribution in [2.24, 2.45) is 0 Å². The van der Waals surface area contributed by atoms with E-state index >= 15 is 0 Å². The van der Waals surface area contributed by atoms with Crippen LogP contribution in [0.3, 0.4) is 0 Å². The molecule has 0 aliphatic heterocycles. The molecule has 0 aliphatic rings. The molecule has 1 rings (SSSR count). The molecule has 0 aromatic carbocycles. The van der Waals surface area contributed by atoms with E-state index in [2.05, 4.69) is 41.7 Å². The number of likely N-dealkylation sites (N-methyl/N-ethyl adjacent to an activating group) is 1. The first-order chi connectivity index (χ1) is 7.93. The summed E-state index contributed by atoms with van der Waals surface area (Å²) in [6.07, 6.45) is 1.89. The van der Waals surface area contributed by atoms with E-state index in [0.717, 1.165) is 5.69 Å². The van der Waals surface area contributed by atoms with Crippen LogP contribution in [0, 0.1) is 0 Å². The third-order valence-electron chi connectivity index (χ3n) is 2.19. The molecule has 1 heterocycles. The van der Waals surface area contributed by atoms with E-state index in [1.165, 1.54) is 0 Å². The van der Waals surface area contributed by atoms with Crippen LogP contribution in [0.2, 0.25) is 0 Å². The summed E-state index contributed by atoms with van der Waals surface area (Å²) in [5.41, 5.74) is 0.773. The van der Waals surface area contributed by atoms with E-state index in [1.807, 2.05) is 17.8 Å². The van der Waals surface area contributed by atoms with Gasteiger partial charge in [0.2, 0.25) is 5.91 Å². The Kier molecular flexibility index (Phi) is 4.62. The molecule has 1 amide bonds. The maximum Gasteiger partial charge on any atom is 0.233 e. The van der Waals surface area contributed by atoms with Gasteiger partial charge in [-0.05, 0) is 27.7 Å². The summed E-state index contributed by atoms with van der Waals surface area (Å²) in [4.78, 5) is 11.2. The fraction of sp³-hybridized carbons (Fsp3) is 0.727. The molecule has 1 aromatic heterocycles. The molecule has 0 atom stereocenters. The number of rotatable bonds is 5. The number of hydrogen-bond acceptors (Lipinski definition) is 4. The third kappa shape index (κ3) is 4.52. The summed E-state index contributed by atoms with van der Waals surface area (Å²) in [6, 6.07) is 0. The van der Waals surface area contributed by atoms with Crippen LogP contribution >= 0.6 is 0 Å². The lowest BCUT2D eigenvalue weighted by molar-refractivity contribution is -0.120. The lowest BCUT2D eigenvalue weighted by atomic mass is 10.1. The zero-order valence-electron chi connectivity index (χ0n) is 10.9. The van der Waals surface area contributed by atoms with Crippen LogP contribution in [-0.4, -0.2) is 34.0 Å². The molecule has 0 radical (unpaired) electrons. The minimum absolute atomic E-state index is 0.00397. The predicted molar refractivity (Wildman–Crippen MR) is 65.4 cm³/mol. The Morgan fingerprint density at radius 1 is 1.47 bits per heavy atom. The second kappa shape index (κ2) is 5.77. The van der Waals surface area contributed by atoms with Crippen molar-refractivity contribution in [3.05, 3.63) is 11.9 Å². The standard InChI is InChI=1S/C11H21N5O/c1-5-13-10(17)7-12-6-9-8-16(15-14-9)11(2,3)4/h8,12H,5-7H2,1-4H3,(H,13,17). The van der Waals surface area contributed by atoms with Crippen molar-refractivity contribution in [1.29, 1.82) is 0 Å². The lowest BCUT2D eigenvalue weighted by Crippen LogP contribution is -2.33. The second-order valence-electron chi connectivity index (χ2n) is 4.88. The minimum atomic E-state index is -0.0646. The molecule has 0 bridgehead atoms. The van der Waals surface area contributed by atoms with Gasteiger partial charge >= 0.3 is 0 Å². The number of carbonyl (C=O) groups is 1. The Morgan fingerprint density at radius 3 is 2.71 bits per heavy atom. The number of carbonyl (C=O) groups excluding carboxylic acids is 1. The number of nitrogens with zero attached hydrogens (tertiary/aromatic N) is 3. The van der Waals surface area contributed by atoms with Crippen LogP contribution in [0.15, 0.2) is 6.20 Å². The van der Waals surface area contributed by atoms with Gasteiger partial charge in [0.15, 0.2) is 0 Å². The molecule has 0 saturated carbocycles. The Morgan fingerprint density at radius 2 is 2.18 bits per heavy atom. The van der Waals surface area contributed by atoms with Crippen molar-refractivity contribution in [2.75, 3.05) is 13.1 Å². The summed E-state index contributed by atoms with van der Waals surface area (Å²) in [5, 5.41) is 13.8.